The first-order valence-electron chi connectivity index (χ1n) is 9.88. The third-order valence-electron chi connectivity index (χ3n) is 4.96. The monoisotopic (exact) mass is 406 g/mol. The molecule has 0 spiro atoms. The van der Waals surface area contributed by atoms with Gasteiger partial charge in [0.1, 0.15) is 12.4 Å². The molecule has 3 rings (SSSR count). The van der Waals surface area contributed by atoms with Gasteiger partial charge in [0.2, 0.25) is 5.78 Å². The second-order valence-electron chi connectivity index (χ2n) is 7.47. The number of amides is 1. The fraction of sp³-hybridized carbons (Fsp3) is 0.250. The van der Waals surface area contributed by atoms with Crippen molar-refractivity contribution < 1.29 is 24.3 Å². The first kappa shape index (κ1) is 21.3. The molecular weight excluding hydrogens is 380 g/mol. The molecule has 1 N–H and O–H groups in total. The maximum Gasteiger partial charge on any atom is 0.295 e. The van der Waals surface area contributed by atoms with Crippen LogP contribution >= 0.6 is 0 Å². The van der Waals surface area contributed by atoms with E-state index in [0.717, 1.165) is 4.90 Å². The molecule has 0 radical (unpaired) electrons. The summed E-state index contributed by atoms with van der Waals surface area (Å²) in [6.07, 6.45) is 1.64. The maximum absolute atomic E-state index is 13.2. The number of hydrogen-bond donors (Lipinski definition) is 1. The van der Waals surface area contributed by atoms with Crippen molar-refractivity contribution in [2.45, 2.75) is 6.04 Å². The van der Waals surface area contributed by atoms with E-state index in [-0.39, 0.29) is 5.57 Å². The normalized spacial score (nSPS) is 18.1. The molecule has 30 heavy (non-hydrogen) atoms. The lowest BCUT2D eigenvalue weighted by atomic mass is 9.95. The SMILES string of the molecule is C=CCOc1cccc(C2/C(=C(\[O-])c3ccccc3)C(=O)C(=O)N2CC[NH+](C)C)c1. The molecule has 1 amide bonds. The number of ether oxygens (including phenoxy) is 1. The third kappa shape index (κ3) is 4.44. The molecule has 1 aliphatic rings. The topological polar surface area (TPSA) is 74.1 Å². The lowest BCUT2D eigenvalue weighted by molar-refractivity contribution is -0.857. The zero-order valence-electron chi connectivity index (χ0n) is 17.3. The van der Waals surface area contributed by atoms with Gasteiger partial charge in [0.05, 0.1) is 33.2 Å². The highest BCUT2D eigenvalue weighted by Crippen LogP contribution is 2.39. The van der Waals surface area contributed by atoms with Gasteiger partial charge in [-0.2, -0.15) is 0 Å². The minimum Gasteiger partial charge on any atom is -0.872 e. The van der Waals surface area contributed by atoms with Crippen LogP contribution in [0.2, 0.25) is 0 Å². The van der Waals surface area contributed by atoms with Gasteiger partial charge in [0, 0.05) is 5.57 Å². The number of likely N-dealkylation sites (N-methyl/N-ethyl adjacent to an activating group) is 1. The maximum atomic E-state index is 13.2. The molecule has 1 atom stereocenters. The summed E-state index contributed by atoms with van der Waals surface area (Å²) in [7, 11) is 3.95. The molecule has 0 aromatic heterocycles. The second-order valence-corrected chi connectivity index (χ2v) is 7.47. The summed E-state index contributed by atoms with van der Waals surface area (Å²) in [5.74, 6) is -1.21. The van der Waals surface area contributed by atoms with Crippen LogP contribution in [0.1, 0.15) is 17.2 Å². The number of quaternary nitrogens is 1. The predicted molar refractivity (Wildman–Crippen MR) is 113 cm³/mol. The molecule has 156 valence electrons. The highest BCUT2D eigenvalue weighted by Gasteiger charge is 2.44. The Morgan fingerprint density at radius 3 is 2.57 bits per heavy atom. The summed E-state index contributed by atoms with van der Waals surface area (Å²) in [5, 5.41) is 13.2. The molecule has 0 saturated carbocycles. The molecule has 2 aromatic rings. The quantitative estimate of drug-likeness (QED) is 0.302. The fourth-order valence-corrected chi connectivity index (χ4v) is 3.47. The number of likely N-dealkylation sites (tertiary alicyclic amines) is 1. The summed E-state index contributed by atoms with van der Waals surface area (Å²) in [4.78, 5) is 28.4. The number of Topliss-reactive ketones (excluding diaryl/α,β-unsaturated/α-hetero) is 1. The van der Waals surface area contributed by atoms with E-state index in [1.54, 1.807) is 54.6 Å². The van der Waals surface area contributed by atoms with E-state index in [2.05, 4.69) is 6.58 Å². The van der Waals surface area contributed by atoms with Crippen molar-refractivity contribution in [1.82, 2.24) is 4.90 Å². The molecule has 1 heterocycles. The van der Waals surface area contributed by atoms with E-state index in [1.165, 1.54) is 4.90 Å². The molecular formula is C24H26N2O4. The zero-order valence-corrected chi connectivity index (χ0v) is 17.3. The minimum absolute atomic E-state index is 0.0131. The van der Waals surface area contributed by atoms with Gasteiger partial charge < -0.3 is 19.6 Å². The van der Waals surface area contributed by atoms with Crippen LogP contribution in [0.5, 0.6) is 5.75 Å². The Bertz CT molecular complexity index is 966. The molecule has 1 aliphatic heterocycles. The van der Waals surface area contributed by atoms with Crippen molar-refractivity contribution in [3.8, 4) is 5.75 Å². The van der Waals surface area contributed by atoms with Crippen molar-refractivity contribution in [1.29, 1.82) is 0 Å². The smallest absolute Gasteiger partial charge is 0.295 e. The summed E-state index contributed by atoms with van der Waals surface area (Å²) in [5.41, 5.74) is 1.04. The highest BCUT2D eigenvalue weighted by atomic mass is 16.5. The number of carbonyl (C=O) groups excluding carboxylic acids is 2. The lowest BCUT2D eigenvalue weighted by Gasteiger charge is -2.28. The summed E-state index contributed by atoms with van der Waals surface area (Å²) >= 11 is 0. The second kappa shape index (κ2) is 9.41. The van der Waals surface area contributed by atoms with Gasteiger partial charge in [-0.25, -0.2) is 0 Å². The van der Waals surface area contributed by atoms with Gasteiger partial charge in [-0.1, -0.05) is 60.9 Å². The van der Waals surface area contributed by atoms with E-state index >= 15 is 0 Å². The summed E-state index contributed by atoms with van der Waals surface area (Å²) in [6.45, 7) is 4.99. The first-order valence-corrected chi connectivity index (χ1v) is 9.88. The van der Waals surface area contributed by atoms with Gasteiger partial charge in [-0.3, -0.25) is 9.59 Å². The van der Waals surface area contributed by atoms with Gasteiger partial charge in [0.15, 0.2) is 0 Å². The van der Waals surface area contributed by atoms with Crippen molar-refractivity contribution in [3.63, 3.8) is 0 Å². The Balaban J connectivity index is 2.11. The van der Waals surface area contributed by atoms with Crippen LogP contribution in [-0.2, 0) is 9.59 Å². The van der Waals surface area contributed by atoms with Gasteiger partial charge in [0.25, 0.3) is 5.91 Å². The molecule has 1 unspecified atom stereocenters. The van der Waals surface area contributed by atoms with Gasteiger partial charge >= 0.3 is 0 Å². The number of rotatable bonds is 8. The Morgan fingerprint density at radius 1 is 1.17 bits per heavy atom. The molecule has 0 aliphatic carbocycles. The minimum atomic E-state index is -0.746. The van der Waals surface area contributed by atoms with Crippen LogP contribution < -0.4 is 14.7 Å². The highest BCUT2D eigenvalue weighted by molar-refractivity contribution is 6.46. The van der Waals surface area contributed by atoms with Crippen LogP contribution in [0.25, 0.3) is 5.76 Å². The molecule has 6 nitrogen and oxygen atoms in total. The Labute approximate surface area is 176 Å². The molecule has 2 aromatic carbocycles. The van der Waals surface area contributed by atoms with Gasteiger partial charge in [-0.05, 0) is 23.3 Å². The fourth-order valence-electron chi connectivity index (χ4n) is 3.47. The Kier molecular flexibility index (Phi) is 6.69. The summed E-state index contributed by atoms with van der Waals surface area (Å²) in [6, 6.07) is 15.0. The number of benzene rings is 2. The molecule has 6 heteroatoms. The Morgan fingerprint density at radius 2 is 1.90 bits per heavy atom. The van der Waals surface area contributed by atoms with E-state index in [0.29, 0.717) is 36.6 Å². The van der Waals surface area contributed by atoms with Crippen LogP contribution in [0.3, 0.4) is 0 Å². The van der Waals surface area contributed by atoms with E-state index in [1.807, 2.05) is 20.2 Å². The molecule has 0 bridgehead atoms. The molecule has 1 fully saturated rings. The Hall–Kier alpha value is -3.38. The van der Waals surface area contributed by atoms with Crippen LogP contribution in [-0.4, -0.2) is 50.4 Å². The standard InChI is InChI=1S/C24H26N2O4/c1-4-15-30-19-12-8-11-18(16-19)21-20(22(27)17-9-6-5-7-10-17)23(28)24(29)26(21)14-13-25(2)3/h4-12,16,21,27H,1,13-15H2,2-3H3/b22-20+. The van der Waals surface area contributed by atoms with Gasteiger partial charge in [-0.15, -0.1) is 0 Å². The van der Waals surface area contributed by atoms with Crippen molar-refractivity contribution in [2.24, 2.45) is 0 Å². The number of ketones is 1. The van der Waals surface area contributed by atoms with Crippen LogP contribution in [0, 0.1) is 0 Å². The van der Waals surface area contributed by atoms with Crippen LogP contribution in [0.4, 0.5) is 0 Å². The van der Waals surface area contributed by atoms with E-state index in [9.17, 15) is 14.7 Å². The largest absolute Gasteiger partial charge is 0.872 e. The predicted octanol–water partition coefficient (Wildman–Crippen LogP) is 0.620. The number of nitrogens with one attached hydrogen (secondary N) is 1. The number of hydrogen-bond acceptors (Lipinski definition) is 4. The zero-order chi connectivity index (χ0) is 21.7. The number of nitrogens with zero attached hydrogens (tertiary/aromatic N) is 1. The van der Waals surface area contributed by atoms with E-state index < -0.39 is 23.5 Å². The van der Waals surface area contributed by atoms with Crippen molar-refractivity contribution in [2.75, 3.05) is 33.8 Å². The average Bonchev–Trinajstić information content (AvgIpc) is 3.01. The van der Waals surface area contributed by atoms with Crippen molar-refractivity contribution in [3.05, 3.63) is 84.0 Å². The lowest BCUT2D eigenvalue weighted by Crippen LogP contribution is -3.06. The summed E-state index contributed by atoms with van der Waals surface area (Å²) < 4.78 is 5.62. The molecule has 1 saturated heterocycles. The van der Waals surface area contributed by atoms with Crippen LogP contribution in [0.15, 0.2) is 72.8 Å². The third-order valence-corrected chi connectivity index (χ3v) is 4.96. The number of carbonyl (C=O) groups is 2. The van der Waals surface area contributed by atoms with E-state index in [4.69, 9.17) is 4.74 Å². The van der Waals surface area contributed by atoms with Crippen molar-refractivity contribution >= 4 is 17.4 Å². The first-order chi connectivity index (χ1) is 14.4. The average molecular weight is 406 g/mol.